The Morgan fingerprint density at radius 2 is 2.16 bits per heavy atom. The summed E-state index contributed by atoms with van der Waals surface area (Å²) in [6.07, 6.45) is 3.67. The van der Waals surface area contributed by atoms with Gasteiger partial charge in [-0.05, 0) is 53.2 Å². The van der Waals surface area contributed by atoms with Gasteiger partial charge in [0, 0.05) is 21.1 Å². The largest absolute Gasteiger partial charge is 0.372 e. The van der Waals surface area contributed by atoms with Crippen LogP contribution in [0, 0.1) is 0 Å². The summed E-state index contributed by atoms with van der Waals surface area (Å²) in [7, 11) is 0. The molecule has 0 aliphatic carbocycles. The second-order valence-corrected chi connectivity index (χ2v) is 7.82. The highest BCUT2D eigenvalue weighted by Gasteiger charge is 2.14. The fourth-order valence-corrected chi connectivity index (χ4v) is 4.52. The second-order valence-electron chi connectivity index (χ2n) is 5.89. The first kappa shape index (κ1) is 16.3. The van der Waals surface area contributed by atoms with Crippen molar-refractivity contribution in [1.82, 2.24) is 10.6 Å². The van der Waals surface area contributed by atoms with Crippen LogP contribution in [-0.4, -0.2) is 5.91 Å². The zero-order chi connectivity index (χ0) is 17.4. The molecule has 1 unspecified atom stereocenters. The molecule has 0 fully saturated rings. The van der Waals surface area contributed by atoms with Gasteiger partial charge in [-0.15, -0.1) is 11.3 Å². The number of halogens is 1. The summed E-state index contributed by atoms with van der Waals surface area (Å²) >= 11 is 5.03. The van der Waals surface area contributed by atoms with Crippen molar-refractivity contribution >= 4 is 49.3 Å². The minimum atomic E-state index is -0.180. The van der Waals surface area contributed by atoms with E-state index in [1.54, 1.807) is 0 Å². The van der Waals surface area contributed by atoms with E-state index in [4.69, 9.17) is 5.73 Å². The Bertz CT molecular complexity index is 995. The van der Waals surface area contributed by atoms with Gasteiger partial charge in [0.1, 0.15) is 6.17 Å². The SMILES string of the molecule is NC1NC=Cc2cc(CNC(=O)c3cc4c(Br)cccc4s3)ccc21. The van der Waals surface area contributed by atoms with Gasteiger partial charge in [0.05, 0.1) is 4.88 Å². The topological polar surface area (TPSA) is 67.2 Å². The summed E-state index contributed by atoms with van der Waals surface area (Å²) in [4.78, 5) is 13.2. The number of nitrogens with two attached hydrogens (primary N) is 1. The van der Waals surface area contributed by atoms with E-state index in [9.17, 15) is 4.79 Å². The predicted molar refractivity (Wildman–Crippen MR) is 106 cm³/mol. The third-order valence-electron chi connectivity index (χ3n) is 4.21. The third-order valence-corrected chi connectivity index (χ3v) is 6.00. The molecule has 4 rings (SSSR count). The molecule has 0 saturated carbocycles. The van der Waals surface area contributed by atoms with E-state index in [2.05, 4.69) is 32.6 Å². The molecule has 0 radical (unpaired) electrons. The van der Waals surface area contributed by atoms with Gasteiger partial charge in [0.2, 0.25) is 0 Å². The highest BCUT2D eigenvalue weighted by molar-refractivity contribution is 9.10. The van der Waals surface area contributed by atoms with Crippen molar-refractivity contribution in [1.29, 1.82) is 0 Å². The number of amides is 1. The van der Waals surface area contributed by atoms with E-state index in [0.717, 1.165) is 31.2 Å². The van der Waals surface area contributed by atoms with Gasteiger partial charge in [-0.2, -0.15) is 0 Å². The summed E-state index contributed by atoms with van der Waals surface area (Å²) in [5.41, 5.74) is 9.21. The molecule has 1 aliphatic rings. The maximum Gasteiger partial charge on any atom is 0.261 e. The summed E-state index contributed by atoms with van der Waals surface area (Å²) in [6.45, 7) is 0.484. The monoisotopic (exact) mass is 413 g/mol. The number of nitrogens with one attached hydrogen (secondary N) is 2. The lowest BCUT2D eigenvalue weighted by molar-refractivity contribution is 0.0955. The summed E-state index contributed by atoms with van der Waals surface area (Å²) in [5.74, 6) is -0.0558. The molecule has 2 aromatic carbocycles. The molecule has 4 nitrogen and oxygen atoms in total. The van der Waals surface area contributed by atoms with Gasteiger partial charge in [-0.1, -0.05) is 34.1 Å². The van der Waals surface area contributed by atoms with Gasteiger partial charge in [-0.3, -0.25) is 4.79 Å². The van der Waals surface area contributed by atoms with Crippen LogP contribution in [0.15, 0.2) is 53.1 Å². The molecule has 1 atom stereocenters. The van der Waals surface area contributed by atoms with Crippen LogP contribution in [0.4, 0.5) is 0 Å². The van der Waals surface area contributed by atoms with Gasteiger partial charge < -0.3 is 16.4 Å². The van der Waals surface area contributed by atoms with Crippen LogP contribution in [0.1, 0.15) is 32.5 Å². The Kier molecular flexibility index (Phi) is 4.33. The van der Waals surface area contributed by atoms with E-state index >= 15 is 0 Å². The first-order chi connectivity index (χ1) is 12.1. The molecule has 0 saturated heterocycles. The molecule has 0 bridgehead atoms. The van der Waals surface area contributed by atoms with Crippen LogP contribution in [0.5, 0.6) is 0 Å². The van der Waals surface area contributed by atoms with Crippen LogP contribution in [0.3, 0.4) is 0 Å². The second kappa shape index (κ2) is 6.63. The number of hydrogen-bond donors (Lipinski definition) is 3. The standard InChI is InChI=1S/C19H16BrN3OS/c20-15-2-1-3-16-14(15)9-17(25-16)19(24)23-10-11-4-5-13-12(8-11)6-7-22-18(13)21/h1-9,18,22H,10,21H2,(H,23,24). The van der Waals surface area contributed by atoms with Crippen molar-refractivity contribution in [3.63, 3.8) is 0 Å². The molecule has 1 aliphatic heterocycles. The molecular weight excluding hydrogens is 398 g/mol. The van der Waals surface area contributed by atoms with Crippen molar-refractivity contribution in [3.8, 4) is 0 Å². The quantitative estimate of drug-likeness (QED) is 0.604. The van der Waals surface area contributed by atoms with E-state index in [-0.39, 0.29) is 12.1 Å². The highest BCUT2D eigenvalue weighted by Crippen LogP contribution is 2.31. The maximum atomic E-state index is 12.5. The lowest BCUT2D eigenvalue weighted by Gasteiger charge is -2.20. The molecular formula is C19H16BrN3OS. The highest BCUT2D eigenvalue weighted by atomic mass is 79.9. The van der Waals surface area contributed by atoms with Crippen molar-refractivity contribution in [2.24, 2.45) is 5.73 Å². The summed E-state index contributed by atoms with van der Waals surface area (Å²) in [5, 5.41) is 7.14. The number of rotatable bonds is 3. The molecule has 1 aromatic heterocycles. The Labute approximate surface area is 157 Å². The molecule has 1 amide bonds. The third kappa shape index (κ3) is 3.20. The van der Waals surface area contributed by atoms with Crippen molar-refractivity contribution in [3.05, 3.63) is 74.7 Å². The lowest BCUT2D eigenvalue weighted by Crippen LogP contribution is -2.27. The average molecular weight is 414 g/mol. The molecule has 6 heteroatoms. The van der Waals surface area contributed by atoms with Gasteiger partial charge >= 0.3 is 0 Å². The van der Waals surface area contributed by atoms with Crippen LogP contribution in [-0.2, 0) is 6.54 Å². The van der Waals surface area contributed by atoms with Crippen LogP contribution >= 0.6 is 27.3 Å². The number of benzene rings is 2. The smallest absolute Gasteiger partial charge is 0.261 e. The first-order valence-electron chi connectivity index (χ1n) is 7.89. The maximum absolute atomic E-state index is 12.5. The minimum absolute atomic E-state index is 0.0558. The van der Waals surface area contributed by atoms with Gasteiger partial charge in [-0.25, -0.2) is 0 Å². The van der Waals surface area contributed by atoms with E-state index in [1.165, 1.54) is 11.3 Å². The summed E-state index contributed by atoms with van der Waals surface area (Å²) in [6, 6.07) is 14.0. The molecule has 0 spiro atoms. The Hall–Kier alpha value is -2.15. The number of carbonyl (C=O) groups is 1. The Morgan fingerprint density at radius 3 is 3.00 bits per heavy atom. The fourth-order valence-electron chi connectivity index (χ4n) is 2.90. The van der Waals surface area contributed by atoms with Gasteiger partial charge in [0.15, 0.2) is 0 Å². The Morgan fingerprint density at radius 1 is 1.28 bits per heavy atom. The zero-order valence-corrected chi connectivity index (χ0v) is 15.7. The Balaban J connectivity index is 1.50. The zero-order valence-electron chi connectivity index (χ0n) is 13.3. The van der Waals surface area contributed by atoms with Crippen LogP contribution < -0.4 is 16.4 Å². The van der Waals surface area contributed by atoms with Crippen LogP contribution in [0.2, 0.25) is 0 Å². The van der Waals surface area contributed by atoms with E-state index < -0.39 is 0 Å². The molecule has 2 heterocycles. The van der Waals surface area contributed by atoms with Crippen molar-refractivity contribution < 1.29 is 4.79 Å². The fraction of sp³-hybridized carbons (Fsp3) is 0.105. The van der Waals surface area contributed by atoms with Crippen molar-refractivity contribution in [2.45, 2.75) is 12.7 Å². The molecule has 3 aromatic rings. The number of thiophene rings is 1. The average Bonchev–Trinajstić information content (AvgIpc) is 3.06. The minimum Gasteiger partial charge on any atom is -0.372 e. The number of carbonyl (C=O) groups excluding carboxylic acids is 1. The normalized spacial score (nSPS) is 15.7. The molecule has 126 valence electrons. The van der Waals surface area contributed by atoms with Crippen LogP contribution in [0.25, 0.3) is 16.2 Å². The van der Waals surface area contributed by atoms with Crippen molar-refractivity contribution in [2.75, 3.05) is 0 Å². The summed E-state index contributed by atoms with van der Waals surface area (Å²) < 4.78 is 2.10. The van der Waals surface area contributed by atoms with Gasteiger partial charge in [0.25, 0.3) is 5.91 Å². The number of fused-ring (bicyclic) bond motifs is 2. The van der Waals surface area contributed by atoms with E-state index in [0.29, 0.717) is 11.4 Å². The van der Waals surface area contributed by atoms with E-state index in [1.807, 2.05) is 48.7 Å². The predicted octanol–water partition coefficient (Wildman–Crippen LogP) is 4.13. The number of hydrogen-bond acceptors (Lipinski definition) is 4. The molecule has 25 heavy (non-hydrogen) atoms. The lowest BCUT2D eigenvalue weighted by atomic mass is 10.00. The molecule has 4 N–H and O–H groups in total. The first-order valence-corrected chi connectivity index (χ1v) is 9.50.